The van der Waals surface area contributed by atoms with Crippen molar-refractivity contribution in [1.29, 1.82) is 0 Å². The van der Waals surface area contributed by atoms with Crippen molar-refractivity contribution in [2.75, 3.05) is 5.32 Å². The molecule has 0 spiro atoms. The van der Waals surface area contributed by atoms with Crippen LogP contribution in [-0.4, -0.2) is 9.38 Å². The predicted molar refractivity (Wildman–Crippen MR) is 86.1 cm³/mol. The molecule has 4 heteroatoms. The molecule has 0 aliphatic heterocycles. The quantitative estimate of drug-likeness (QED) is 0.775. The minimum atomic E-state index is 0.758. The van der Waals surface area contributed by atoms with Crippen molar-refractivity contribution >= 4 is 27.3 Å². The van der Waals surface area contributed by atoms with Crippen molar-refractivity contribution < 1.29 is 0 Å². The second-order valence-corrected chi connectivity index (χ2v) is 5.69. The number of nitrogens with zero attached hydrogens (tertiary/aromatic N) is 2. The summed E-state index contributed by atoms with van der Waals surface area (Å²) in [5.74, 6) is 0. The molecule has 2 heterocycles. The number of fused-ring (bicyclic) bond motifs is 1. The van der Waals surface area contributed by atoms with E-state index in [1.165, 1.54) is 11.3 Å². The van der Waals surface area contributed by atoms with Crippen molar-refractivity contribution in [1.82, 2.24) is 9.38 Å². The first kappa shape index (κ1) is 13.2. The van der Waals surface area contributed by atoms with Gasteiger partial charge >= 0.3 is 0 Å². The van der Waals surface area contributed by atoms with Crippen molar-refractivity contribution in [2.45, 2.75) is 20.4 Å². The maximum absolute atomic E-state index is 4.58. The summed E-state index contributed by atoms with van der Waals surface area (Å²) in [4.78, 5) is 4.58. The van der Waals surface area contributed by atoms with Gasteiger partial charge in [-0.2, -0.15) is 0 Å². The van der Waals surface area contributed by atoms with Gasteiger partial charge < -0.3 is 9.72 Å². The van der Waals surface area contributed by atoms with Crippen LogP contribution in [0.1, 0.15) is 17.0 Å². The van der Waals surface area contributed by atoms with E-state index in [-0.39, 0.29) is 0 Å². The third-order valence-corrected chi connectivity index (χ3v) is 4.40. The molecule has 0 radical (unpaired) electrons. The van der Waals surface area contributed by atoms with E-state index >= 15 is 0 Å². The predicted octanol–water partition coefficient (Wildman–Crippen LogP) is 4.33. The number of rotatable bonds is 3. The molecule has 0 saturated heterocycles. The first-order valence-corrected chi connectivity index (χ1v) is 7.37. The Bertz CT molecular complexity index is 762. The first-order chi connectivity index (χ1) is 9.66. The highest BCUT2D eigenvalue weighted by Crippen LogP contribution is 2.24. The van der Waals surface area contributed by atoms with Gasteiger partial charge in [-0.3, -0.25) is 0 Å². The fraction of sp³-hybridized carbons (Fsp3) is 0.188. The van der Waals surface area contributed by atoms with Gasteiger partial charge in [0.2, 0.25) is 0 Å². The molecule has 0 atom stereocenters. The standard InChI is InChI=1S/C16H16BrN3/c1-11-13(17)6-5-7-14(11)18-10-15-12(2)19-16-8-3-4-9-20(15)16/h3-9,18H,10H2,1-2H3. The summed E-state index contributed by atoms with van der Waals surface area (Å²) >= 11 is 3.56. The van der Waals surface area contributed by atoms with Gasteiger partial charge in [0.05, 0.1) is 17.9 Å². The van der Waals surface area contributed by atoms with Gasteiger partial charge in [-0.1, -0.05) is 28.1 Å². The Hall–Kier alpha value is -1.81. The van der Waals surface area contributed by atoms with Gasteiger partial charge in [-0.25, -0.2) is 4.98 Å². The molecule has 1 aromatic carbocycles. The summed E-state index contributed by atoms with van der Waals surface area (Å²) in [5, 5.41) is 3.50. The normalized spacial score (nSPS) is 10.9. The van der Waals surface area contributed by atoms with Crippen molar-refractivity contribution in [3.63, 3.8) is 0 Å². The molecular formula is C16H16BrN3. The van der Waals surface area contributed by atoms with Crippen LogP contribution in [0.2, 0.25) is 0 Å². The van der Waals surface area contributed by atoms with Gasteiger partial charge in [0, 0.05) is 16.4 Å². The molecule has 1 N–H and O–H groups in total. The van der Waals surface area contributed by atoms with Crippen LogP contribution in [0.25, 0.3) is 5.65 Å². The lowest BCUT2D eigenvalue weighted by Crippen LogP contribution is -2.05. The van der Waals surface area contributed by atoms with Crippen LogP contribution in [-0.2, 0) is 6.54 Å². The Morgan fingerprint density at radius 1 is 1.15 bits per heavy atom. The monoisotopic (exact) mass is 329 g/mol. The van der Waals surface area contributed by atoms with Crippen LogP contribution in [0.4, 0.5) is 5.69 Å². The second-order valence-electron chi connectivity index (χ2n) is 4.84. The van der Waals surface area contributed by atoms with Crippen molar-refractivity contribution in [3.05, 3.63) is 64.0 Å². The van der Waals surface area contributed by atoms with E-state index < -0.39 is 0 Å². The number of aryl methyl sites for hydroxylation is 1. The highest BCUT2D eigenvalue weighted by Gasteiger charge is 2.08. The SMILES string of the molecule is Cc1nc2ccccn2c1CNc1cccc(Br)c1C. The smallest absolute Gasteiger partial charge is 0.137 e. The topological polar surface area (TPSA) is 29.3 Å². The van der Waals surface area contributed by atoms with Crippen LogP contribution in [0.15, 0.2) is 47.1 Å². The number of hydrogen-bond donors (Lipinski definition) is 1. The fourth-order valence-corrected chi connectivity index (χ4v) is 2.72. The van der Waals surface area contributed by atoms with Gasteiger partial charge in [-0.15, -0.1) is 0 Å². The van der Waals surface area contributed by atoms with Crippen molar-refractivity contribution in [3.8, 4) is 0 Å². The maximum atomic E-state index is 4.58. The molecule has 3 nitrogen and oxygen atoms in total. The lowest BCUT2D eigenvalue weighted by molar-refractivity contribution is 0.984. The van der Waals surface area contributed by atoms with Crippen LogP contribution in [0.3, 0.4) is 0 Å². The number of nitrogens with one attached hydrogen (secondary N) is 1. The van der Waals surface area contributed by atoms with E-state index in [0.29, 0.717) is 0 Å². The van der Waals surface area contributed by atoms with E-state index in [1.807, 2.05) is 24.3 Å². The zero-order valence-corrected chi connectivity index (χ0v) is 13.1. The third-order valence-electron chi connectivity index (χ3n) is 3.54. The van der Waals surface area contributed by atoms with Gasteiger partial charge in [-0.05, 0) is 43.7 Å². The second kappa shape index (κ2) is 5.29. The largest absolute Gasteiger partial charge is 0.379 e. The summed E-state index contributed by atoms with van der Waals surface area (Å²) in [7, 11) is 0. The van der Waals surface area contributed by atoms with Crippen LogP contribution >= 0.6 is 15.9 Å². The van der Waals surface area contributed by atoms with Gasteiger partial charge in [0.1, 0.15) is 5.65 Å². The lowest BCUT2D eigenvalue weighted by atomic mass is 10.2. The van der Waals surface area contributed by atoms with E-state index in [0.717, 1.165) is 28.0 Å². The summed E-state index contributed by atoms with van der Waals surface area (Å²) < 4.78 is 3.26. The molecule has 2 aromatic heterocycles. The number of benzene rings is 1. The zero-order valence-electron chi connectivity index (χ0n) is 11.5. The molecule has 102 valence electrons. The molecule has 0 unspecified atom stereocenters. The third kappa shape index (κ3) is 2.31. The highest BCUT2D eigenvalue weighted by atomic mass is 79.9. The number of aromatic nitrogens is 2. The molecule has 0 saturated carbocycles. The minimum absolute atomic E-state index is 0.758. The Morgan fingerprint density at radius 3 is 2.85 bits per heavy atom. The van der Waals surface area contributed by atoms with Gasteiger partial charge in [0.15, 0.2) is 0 Å². The number of imidazole rings is 1. The van der Waals surface area contributed by atoms with Crippen LogP contribution in [0.5, 0.6) is 0 Å². The lowest BCUT2D eigenvalue weighted by Gasteiger charge is -2.11. The average Bonchev–Trinajstić information content (AvgIpc) is 2.76. The molecule has 0 aliphatic carbocycles. The molecule has 3 aromatic rings. The fourth-order valence-electron chi connectivity index (χ4n) is 2.36. The van der Waals surface area contributed by atoms with Gasteiger partial charge in [0.25, 0.3) is 0 Å². The number of halogens is 1. The van der Waals surface area contributed by atoms with Crippen molar-refractivity contribution in [2.24, 2.45) is 0 Å². The molecule has 0 aliphatic rings. The summed E-state index contributed by atoms with van der Waals surface area (Å²) in [6, 6.07) is 12.3. The average molecular weight is 330 g/mol. The zero-order chi connectivity index (χ0) is 14.1. The summed E-state index contributed by atoms with van der Waals surface area (Å²) in [6.07, 6.45) is 2.06. The van der Waals surface area contributed by atoms with Crippen LogP contribution < -0.4 is 5.32 Å². The Balaban J connectivity index is 1.90. The molecule has 0 bridgehead atoms. The Kier molecular flexibility index (Phi) is 3.49. The molecule has 0 amide bonds. The summed E-state index contributed by atoms with van der Waals surface area (Å²) in [5.41, 5.74) is 5.62. The molecular weight excluding hydrogens is 314 g/mol. The Morgan fingerprint density at radius 2 is 2.00 bits per heavy atom. The number of anilines is 1. The molecule has 20 heavy (non-hydrogen) atoms. The van der Waals surface area contributed by atoms with E-state index in [4.69, 9.17) is 0 Å². The maximum Gasteiger partial charge on any atom is 0.137 e. The summed E-state index contributed by atoms with van der Waals surface area (Å²) in [6.45, 7) is 4.92. The van der Waals surface area contributed by atoms with Crippen LogP contribution in [0, 0.1) is 13.8 Å². The molecule has 3 rings (SSSR count). The number of hydrogen-bond acceptors (Lipinski definition) is 2. The van der Waals surface area contributed by atoms with E-state index in [1.54, 1.807) is 0 Å². The number of pyridine rings is 1. The Labute approximate surface area is 126 Å². The highest BCUT2D eigenvalue weighted by molar-refractivity contribution is 9.10. The van der Waals surface area contributed by atoms with E-state index in [2.05, 4.69) is 62.8 Å². The van der Waals surface area contributed by atoms with E-state index in [9.17, 15) is 0 Å². The molecule has 0 fully saturated rings. The minimum Gasteiger partial charge on any atom is -0.379 e. The first-order valence-electron chi connectivity index (χ1n) is 6.58.